The Morgan fingerprint density at radius 2 is 1.85 bits per heavy atom. The maximum absolute atomic E-state index is 12.7. The average molecular weight is 354 g/mol. The van der Waals surface area contributed by atoms with Crippen LogP contribution < -0.4 is 10.2 Å². The van der Waals surface area contributed by atoms with Gasteiger partial charge in [-0.05, 0) is 30.5 Å². The molecule has 2 aromatic rings. The van der Waals surface area contributed by atoms with Crippen LogP contribution in [0.4, 0.5) is 11.8 Å². The van der Waals surface area contributed by atoms with E-state index in [1.54, 1.807) is 24.7 Å². The average Bonchev–Trinajstić information content (AvgIpc) is 2.68. The largest absolute Gasteiger partial charge is 0.370 e. The van der Waals surface area contributed by atoms with Crippen LogP contribution in [-0.2, 0) is 0 Å². The van der Waals surface area contributed by atoms with Gasteiger partial charge >= 0.3 is 0 Å². The number of aromatic nitrogens is 3. The number of nitrogens with zero attached hydrogens (tertiary/aromatic N) is 5. The summed E-state index contributed by atoms with van der Waals surface area (Å²) in [4.78, 5) is 29.5. The molecule has 3 heterocycles. The van der Waals surface area contributed by atoms with Crippen molar-refractivity contribution in [2.45, 2.75) is 20.3 Å². The smallest absolute Gasteiger partial charge is 0.255 e. The summed E-state index contributed by atoms with van der Waals surface area (Å²) in [5, 5.41) is 3.29. The number of anilines is 2. The maximum Gasteiger partial charge on any atom is 0.255 e. The van der Waals surface area contributed by atoms with E-state index in [0.717, 1.165) is 37.8 Å². The molecule has 1 amide bonds. The minimum absolute atomic E-state index is 0.0276. The summed E-state index contributed by atoms with van der Waals surface area (Å²) >= 11 is 0. The summed E-state index contributed by atoms with van der Waals surface area (Å²) in [7, 11) is 0. The molecule has 0 radical (unpaired) electrons. The highest BCUT2D eigenvalue weighted by atomic mass is 16.2. The Morgan fingerprint density at radius 3 is 2.46 bits per heavy atom. The predicted octanol–water partition coefficient (Wildman–Crippen LogP) is 2.29. The molecule has 0 aromatic carbocycles. The Hall–Kier alpha value is -2.70. The molecule has 1 aliphatic rings. The third kappa shape index (κ3) is 4.68. The Bertz CT molecular complexity index is 696. The van der Waals surface area contributed by atoms with E-state index in [0.29, 0.717) is 24.6 Å². The van der Waals surface area contributed by atoms with E-state index in [9.17, 15) is 4.79 Å². The second kappa shape index (κ2) is 8.60. The zero-order valence-corrected chi connectivity index (χ0v) is 15.4. The van der Waals surface area contributed by atoms with Crippen molar-refractivity contribution in [3.8, 4) is 0 Å². The Balaban J connectivity index is 1.52. The molecule has 1 saturated heterocycles. The van der Waals surface area contributed by atoms with Gasteiger partial charge in [0.25, 0.3) is 5.91 Å². The summed E-state index contributed by atoms with van der Waals surface area (Å²) in [6.07, 6.45) is 6.23. The molecule has 1 aliphatic heterocycles. The number of rotatable bonds is 6. The van der Waals surface area contributed by atoms with Gasteiger partial charge in [-0.2, -0.15) is 0 Å². The van der Waals surface area contributed by atoms with Crippen LogP contribution in [0.2, 0.25) is 0 Å². The zero-order valence-electron chi connectivity index (χ0n) is 15.4. The summed E-state index contributed by atoms with van der Waals surface area (Å²) in [6.45, 7) is 8.07. The van der Waals surface area contributed by atoms with Crippen molar-refractivity contribution < 1.29 is 4.79 Å². The Morgan fingerprint density at radius 1 is 1.12 bits per heavy atom. The van der Waals surface area contributed by atoms with Crippen molar-refractivity contribution in [3.63, 3.8) is 0 Å². The third-order valence-corrected chi connectivity index (χ3v) is 4.44. The molecule has 138 valence electrons. The molecule has 0 spiro atoms. The van der Waals surface area contributed by atoms with Crippen molar-refractivity contribution in [3.05, 3.63) is 42.4 Å². The van der Waals surface area contributed by atoms with Gasteiger partial charge in [-0.3, -0.25) is 4.79 Å². The lowest BCUT2D eigenvalue weighted by atomic mass is 10.1. The van der Waals surface area contributed by atoms with Crippen molar-refractivity contribution in [2.75, 3.05) is 42.9 Å². The number of hydrogen-bond donors (Lipinski definition) is 1. The highest BCUT2D eigenvalue weighted by Gasteiger charge is 2.23. The molecule has 2 aromatic heterocycles. The van der Waals surface area contributed by atoms with Gasteiger partial charge in [0.1, 0.15) is 5.82 Å². The third-order valence-electron chi connectivity index (χ3n) is 4.44. The first-order chi connectivity index (χ1) is 12.6. The number of hydrogen-bond acceptors (Lipinski definition) is 6. The summed E-state index contributed by atoms with van der Waals surface area (Å²) < 4.78 is 0. The molecule has 0 saturated carbocycles. The summed E-state index contributed by atoms with van der Waals surface area (Å²) in [6, 6.07) is 5.53. The molecule has 0 aliphatic carbocycles. The minimum atomic E-state index is 0.0276. The number of amides is 1. The molecular weight excluding hydrogens is 328 g/mol. The minimum Gasteiger partial charge on any atom is -0.370 e. The van der Waals surface area contributed by atoms with Crippen LogP contribution in [0, 0.1) is 5.92 Å². The second-order valence-corrected chi connectivity index (χ2v) is 6.87. The van der Waals surface area contributed by atoms with E-state index in [1.807, 2.05) is 17.0 Å². The Labute approximate surface area is 154 Å². The van der Waals surface area contributed by atoms with Crippen LogP contribution in [-0.4, -0.2) is 58.5 Å². The van der Waals surface area contributed by atoms with E-state index in [-0.39, 0.29) is 5.91 Å². The first kappa shape index (κ1) is 18.1. The van der Waals surface area contributed by atoms with Crippen LogP contribution in [0.1, 0.15) is 30.6 Å². The molecule has 1 fully saturated rings. The highest BCUT2D eigenvalue weighted by molar-refractivity contribution is 5.94. The van der Waals surface area contributed by atoms with Crippen LogP contribution >= 0.6 is 0 Å². The van der Waals surface area contributed by atoms with E-state index in [4.69, 9.17) is 0 Å². The van der Waals surface area contributed by atoms with Gasteiger partial charge < -0.3 is 15.1 Å². The topological polar surface area (TPSA) is 74.2 Å². The van der Waals surface area contributed by atoms with E-state index >= 15 is 0 Å². The fraction of sp³-hybridized carbons (Fsp3) is 0.474. The fourth-order valence-electron chi connectivity index (χ4n) is 2.86. The van der Waals surface area contributed by atoms with Crippen molar-refractivity contribution in [2.24, 2.45) is 5.92 Å². The quantitative estimate of drug-likeness (QED) is 0.858. The lowest BCUT2D eigenvalue weighted by Gasteiger charge is -2.34. The fourth-order valence-corrected chi connectivity index (χ4v) is 2.86. The van der Waals surface area contributed by atoms with Gasteiger partial charge in [0, 0.05) is 51.3 Å². The van der Waals surface area contributed by atoms with E-state index in [2.05, 4.69) is 39.0 Å². The number of pyridine rings is 1. The van der Waals surface area contributed by atoms with Crippen LogP contribution in [0.3, 0.4) is 0 Å². The van der Waals surface area contributed by atoms with Gasteiger partial charge in [-0.1, -0.05) is 13.8 Å². The lowest BCUT2D eigenvalue weighted by Crippen LogP contribution is -2.49. The maximum atomic E-state index is 12.7. The van der Waals surface area contributed by atoms with Crippen LogP contribution in [0.25, 0.3) is 0 Å². The molecule has 26 heavy (non-hydrogen) atoms. The van der Waals surface area contributed by atoms with Gasteiger partial charge in [0.2, 0.25) is 5.95 Å². The highest BCUT2D eigenvalue weighted by Crippen LogP contribution is 2.13. The molecule has 7 heteroatoms. The number of piperazine rings is 1. The van der Waals surface area contributed by atoms with Crippen LogP contribution in [0.15, 0.2) is 36.8 Å². The summed E-state index contributed by atoms with van der Waals surface area (Å²) in [5.74, 6) is 2.22. The van der Waals surface area contributed by atoms with E-state index in [1.165, 1.54) is 0 Å². The number of carbonyl (C=O) groups excluding carboxylic acids is 1. The molecule has 7 nitrogen and oxygen atoms in total. The number of carbonyl (C=O) groups is 1. The molecular formula is C19H26N6O. The second-order valence-electron chi connectivity index (χ2n) is 6.87. The molecule has 0 bridgehead atoms. The zero-order chi connectivity index (χ0) is 18.4. The SMILES string of the molecule is CC(C)CCNc1ccc(C(=O)N2CCN(c3ncccn3)CC2)cn1. The molecule has 3 rings (SSSR count). The predicted molar refractivity (Wildman–Crippen MR) is 102 cm³/mol. The van der Waals surface area contributed by atoms with Gasteiger partial charge in [-0.15, -0.1) is 0 Å². The molecule has 0 atom stereocenters. The number of nitrogens with one attached hydrogen (secondary N) is 1. The van der Waals surface area contributed by atoms with Gasteiger partial charge in [-0.25, -0.2) is 15.0 Å². The standard InChI is InChI=1S/C19H26N6O/c1-15(2)6-9-20-17-5-4-16(14-23-17)18(26)24-10-12-25(13-11-24)19-21-7-3-8-22-19/h3-5,7-8,14-15H,6,9-13H2,1-2H3,(H,20,23). The van der Waals surface area contributed by atoms with Gasteiger partial charge in [0.05, 0.1) is 5.56 Å². The lowest BCUT2D eigenvalue weighted by molar-refractivity contribution is 0.0746. The monoisotopic (exact) mass is 354 g/mol. The van der Waals surface area contributed by atoms with Crippen LogP contribution in [0.5, 0.6) is 0 Å². The molecule has 0 unspecified atom stereocenters. The first-order valence-electron chi connectivity index (χ1n) is 9.14. The van der Waals surface area contributed by atoms with Gasteiger partial charge in [0.15, 0.2) is 0 Å². The molecule has 1 N–H and O–H groups in total. The summed E-state index contributed by atoms with van der Waals surface area (Å²) in [5.41, 5.74) is 0.629. The van der Waals surface area contributed by atoms with Crippen molar-refractivity contribution >= 4 is 17.7 Å². The normalized spacial score (nSPS) is 14.6. The van der Waals surface area contributed by atoms with E-state index < -0.39 is 0 Å². The van der Waals surface area contributed by atoms with Crippen molar-refractivity contribution in [1.82, 2.24) is 19.9 Å². The first-order valence-corrected chi connectivity index (χ1v) is 9.14. The Kier molecular flexibility index (Phi) is 5.99. The van der Waals surface area contributed by atoms with Crippen molar-refractivity contribution in [1.29, 1.82) is 0 Å².